The summed E-state index contributed by atoms with van der Waals surface area (Å²) in [6.45, 7) is 5.35. The molecule has 0 bridgehead atoms. The van der Waals surface area contributed by atoms with Crippen molar-refractivity contribution >= 4 is 11.8 Å². The van der Waals surface area contributed by atoms with Gasteiger partial charge in [0.1, 0.15) is 0 Å². The predicted molar refractivity (Wildman–Crippen MR) is 64.0 cm³/mol. The average molecular weight is 217 g/mol. The smallest absolute Gasteiger partial charge is 0.0618 e. The standard InChI is InChI=1S/C11H23NOS/c1-4-14-8-9(2)12-11(7-13-3)10-5-6-10/h9-12H,4-8H2,1-3H3. The highest BCUT2D eigenvalue weighted by Gasteiger charge is 2.31. The van der Waals surface area contributed by atoms with Crippen LogP contribution < -0.4 is 5.32 Å². The first-order chi connectivity index (χ1) is 6.77. The third-order valence-corrected chi connectivity index (χ3v) is 3.75. The van der Waals surface area contributed by atoms with Gasteiger partial charge in [-0.2, -0.15) is 11.8 Å². The Labute approximate surface area is 92.2 Å². The molecule has 1 aliphatic rings. The molecule has 1 aliphatic carbocycles. The van der Waals surface area contributed by atoms with E-state index in [1.54, 1.807) is 7.11 Å². The Hall–Kier alpha value is 0.270. The highest BCUT2D eigenvalue weighted by molar-refractivity contribution is 7.99. The normalized spacial score (nSPS) is 20.8. The van der Waals surface area contributed by atoms with Gasteiger partial charge in [-0.15, -0.1) is 0 Å². The quantitative estimate of drug-likeness (QED) is 0.673. The van der Waals surface area contributed by atoms with E-state index in [4.69, 9.17) is 4.74 Å². The van der Waals surface area contributed by atoms with Crippen molar-refractivity contribution in [2.45, 2.75) is 38.8 Å². The van der Waals surface area contributed by atoms with Crippen molar-refractivity contribution in [1.82, 2.24) is 5.32 Å². The van der Waals surface area contributed by atoms with Crippen molar-refractivity contribution in [2.75, 3.05) is 25.2 Å². The summed E-state index contributed by atoms with van der Waals surface area (Å²) in [7, 11) is 1.79. The number of rotatable bonds is 8. The van der Waals surface area contributed by atoms with Crippen molar-refractivity contribution in [3.63, 3.8) is 0 Å². The maximum Gasteiger partial charge on any atom is 0.0618 e. The molecule has 14 heavy (non-hydrogen) atoms. The van der Waals surface area contributed by atoms with Crippen LogP contribution in [0, 0.1) is 5.92 Å². The summed E-state index contributed by atoms with van der Waals surface area (Å²) < 4.78 is 5.24. The molecule has 0 spiro atoms. The van der Waals surface area contributed by atoms with Gasteiger partial charge in [0.15, 0.2) is 0 Å². The average Bonchev–Trinajstić information content (AvgIpc) is 2.97. The van der Waals surface area contributed by atoms with Crippen molar-refractivity contribution in [3.05, 3.63) is 0 Å². The van der Waals surface area contributed by atoms with Gasteiger partial charge in [-0.1, -0.05) is 6.92 Å². The fraction of sp³-hybridized carbons (Fsp3) is 1.00. The van der Waals surface area contributed by atoms with Crippen LogP contribution in [0.5, 0.6) is 0 Å². The molecule has 0 heterocycles. The zero-order valence-corrected chi connectivity index (χ0v) is 10.4. The van der Waals surface area contributed by atoms with Crippen molar-refractivity contribution in [3.8, 4) is 0 Å². The molecule has 3 heteroatoms. The maximum absolute atomic E-state index is 5.24. The Morgan fingerprint density at radius 1 is 1.50 bits per heavy atom. The Balaban J connectivity index is 2.16. The van der Waals surface area contributed by atoms with E-state index in [2.05, 4.69) is 19.2 Å². The minimum atomic E-state index is 0.590. The van der Waals surface area contributed by atoms with Crippen LogP contribution in [0.15, 0.2) is 0 Å². The molecule has 0 aromatic carbocycles. The lowest BCUT2D eigenvalue weighted by Gasteiger charge is -2.22. The highest BCUT2D eigenvalue weighted by atomic mass is 32.2. The largest absolute Gasteiger partial charge is 0.383 e. The number of ether oxygens (including phenoxy) is 1. The van der Waals surface area contributed by atoms with E-state index in [0.29, 0.717) is 12.1 Å². The summed E-state index contributed by atoms with van der Waals surface area (Å²) in [4.78, 5) is 0. The molecule has 1 fully saturated rings. The third kappa shape index (κ3) is 4.67. The predicted octanol–water partition coefficient (Wildman–Crippen LogP) is 2.14. The zero-order chi connectivity index (χ0) is 10.4. The van der Waals surface area contributed by atoms with Crippen molar-refractivity contribution in [2.24, 2.45) is 5.92 Å². The van der Waals surface area contributed by atoms with Crippen molar-refractivity contribution in [1.29, 1.82) is 0 Å². The second-order valence-corrected chi connectivity index (χ2v) is 5.45. The van der Waals surface area contributed by atoms with Crippen LogP contribution in [0.1, 0.15) is 26.7 Å². The van der Waals surface area contributed by atoms with Gasteiger partial charge in [-0.25, -0.2) is 0 Å². The minimum Gasteiger partial charge on any atom is -0.383 e. The van der Waals surface area contributed by atoms with E-state index in [9.17, 15) is 0 Å². The molecule has 1 rings (SSSR count). The molecule has 1 saturated carbocycles. The lowest BCUT2D eigenvalue weighted by atomic mass is 10.2. The summed E-state index contributed by atoms with van der Waals surface area (Å²) in [6.07, 6.45) is 2.77. The number of nitrogens with one attached hydrogen (secondary N) is 1. The highest BCUT2D eigenvalue weighted by Crippen LogP contribution is 2.33. The van der Waals surface area contributed by atoms with Gasteiger partial charge in [-0.3, -0.25) is 0 Å². The van der Waals surface area contributed by atoms with Gasteiger partial charge in [0.25, 0.3) is 0 Å². The molecular weight excluding hydrogens is 194 g/mol. The molecule has 2 nitrogen and oxygen atoms in total. The van der Waals surface area contributed by atoms with Gasteiger partial charge in [-0.05, 0) is 31.4 Å². The molecule has 0 amide bonds. The van der Waals surface area contributed by atoms with Crippen molar-refractivity contribution < 1.29 is 4.74 Å². The zero-order valence-electron chi connectivity index (χ0n) is 9.58. The van der Waals surface area contributed by atoms with Crippen LogP contribution in [-0.4, -0.2) is 37.3 Å². The fourth-order valence-corrected chi connectivity index (χ4v) is 2.39. The van der Waals surface area contributed by atoms with Crippen LogP contribution in [-0.2, 0) is 4.74 Å². The molecule has 2 atom stereocenters. The van der Waals surface area contributed by atoms with Crippen LogP contribution in [0.3, 0.4) is 0 Å². The Kier molecular flexibility index (Phi) is 5.90. The van der Waals surface area contributed by atoms with Gasteiger partial charge >= 0.3 is 0 Å². The minimum absolute atomic E-state index is 0.590. The first kappa shape index (κ1) is 12.3. The topological polar surface area (TPSA) is 21.3 Å². The van der Waals surface area contributed by atoms with E-state index in [-0.39, 0.29) is 0 Å². The van der Waals surface area contributed by atoms with E-state index in [1.165, 1.54) is 24.3 Å². The van der Waals surface area contributed by atoms with Crippen LogP contribution >= 0.6 is 11.8 Å². The van der Waals surface area contributed by atoms with Gasteiger partial charge in [0, 0.05) is 24.9 Å². The fourth-order valence-electron chi connectivity index (χ4n) is 1.71. The summed E-state index contributed by atoms with van der Waals surface area (Å²) in [5.74, 6) is 3.30. The molecule has 0 aromatic rings. The lowest BCUT2D eigenvalue weighted by Crippen LogP contribution is -2.42. The molecule has 84 valence electrons. The summed E-state index contributed by atoms with van der Waals surface area (Å²) in [5, 5.41) is 3.67. The van der Waals surface area contributed by atoms with E-state index < -0.39 is 0 Å². The SMILES string of the molecule is CCSCC(C)NC(COC)C1CC1. The molecular formula is C11H23NOS. The third-order valence-electron chi connectivity index (χ3n) is 2.61. The number of methoxy groups -OCH3 is 1. The van der Waals surface area contributed by atoms with Gasteiger partial charge in [0.05, 0.1) is 6.61 Å². The molecule has 2 unspecified atom stereocenters. The first-order valence-electron chi connectivity index (χ1n) is 5.60. The van der Waals surface area contributed by atoms with E-state index in [0.717, 1.165) is 12.5 Å². The molecule has 0 radical (unpaired) electrons. The summed E-state index contributed by atoms with van der Waals surface area (Å²) in [5.41, 5.74) is 0. The van der Waals surface area contributed by atoms with Crippen LogP contribution in [0.2, 0.25) is 0 Å². The monoisotopic (exact) mass is 217 g/mol. The number of hydrogen-bond acceptors (Lipinski definition) is 3. The second-order valence-electron chi connectivity index (χ2n) is 4.13. The Morgan fingerprint density at radius 3 is 2.71 bits per heavy atom. The number of hydrogen-bond donors (Lipinski definition) is 1. The second kappa shape index (κ2) is 6.70. The van der Waals surface area contributed by atoms with Crippen LogP contribution in [0.4, 0.5) is 0 Å². The summed E-state index contributed by atoms with van der Waals surface area (Å²) >= 11 is 2.01. The number of thioether (sulfide) groups is 1. The molecule has 0 aromatic heterocycles. The summed E-state index contributed by atoms with van der Waals surface area (Å²) in [6, 6.07) is 1.20. The van der Waals surface area contributed by atoms with Gasteiger partial charge < -0.3 is 10.1 Å². The van der Waals surface area contributed by atoms with E-state index in [1.807, 2.05) is 11.8 Å². The lowest BCUT2D eigenvalue weighted by molar-refractivity contribution is 0.154. The maximum atomic E-state index is 5.24. The Bertz CT molecular complexity index is 150. The van der Waals surface area contributed by atoms with Crippen LogP contribution in [0.25, 0.3) is 0 Å². The Morgan fingerprint density at radius 2 is 2.21 bits per heavy atom. The molecule has 0 aliphatic heterocycles. The van der Waals surface area contributed by atoms with E-state index >= 15 is 0 Å². The molecule has 0 saturated heterocycles. The first-order valence-corrected chi connectivity index (χ1v) is 6.76. The molecule has 1 N–H and O–H groups in total. The van der Waals surface area contributed by atoms with Gasteiger partial charge in [0.2, 0.25) is 0 Å².